The number of non-ortho nitro benzene ring substituents is 1. The fraction of sp³-hybridized carbons (Fsp3) is 0.300. The first-order valence-corrected chi connectivity index (χ1v) is 11.1. The average Bonchev–Trinajstić information content (AvgIpc) is 2.71. The Morgan fingerprint density at radius 3 is 2.45 bits per heavy atom. The molecule has 10 nitrogen and oxygen atoms in total. The molecule has 1 N–H and O–H groups in total. The highest BCUT2D eigenvalue weighted by Crippen LogP contribution is 2.27. The SMILES string of the molecule is CC[C@@H](C(=O)Nc1cc(C(=O)OC)ccc1C)N(c1cccc([N+](=O)[O-])c1)S(C)(=O)=O. The molecule has 2 aromatic rings. The van der Waals surface area contributed by atoms with Gasteiger partial charge in [-0.15, -0.1) is 0 Å². The molecule has 2 aromatic carbocycles. The van der Waals surface area contributed by atoms with Gasteiger partial charge in [-0.3, -0.25) is 19.2 Å². The van der Waals surface area contributed by atoms with E-state index in [1.54, 1.807) is 26.0 Å². The third-order valence-electron chi connectivity index (χ3n) is 4.54. The number of nitro benzene ring substituents is 1. The molecule has 31 heavy (non-hydrogen) atoms. The Hall–Kier alpha value is -3.47. The van der Waals surface area contributed by atoms with E-state index in [4.69, 9.17) is 0 Å². The lowest BCUT2D eigenvalue weighted by atomic mass is 10.1. The van der Waals surface area contributed by atoms with Crippen molar-refractivity contribution in [3.05, 3.63) is 63.7 Å². The number of hydrogen-bond donors (Lipinski definition) is 1. The number of methoxy groups -OCH3 is 1. The summed E-state index contributed by atoms with van der Waals surface area (Å²) in [6.07, 6.45) is 1.02. The number of sulfonamides is 1. The molecular formula is C20H23N3O7S. The van der Waals surface area contributed by atoms with E-state index >= 15 is 0 Å². The fourth-order valence-electron chi connectivity index (χ4n) is 3.02. The smallest absolute Gasteiger partial charge is 0.337 e. The molecule has 0 saturated carbocycles. The minimum Gasteiger partial charge on any atom is -0.465 e. The van der Waals surface area contributed by atoms with Crippen LogP contribution in [0.4, 0.5) is 17.1 Å². The number of carbonyl (C=O) groups excluding carboxylic acids is 2. The summed E-state index contributed by atoms with van der Waals surface area (Å²) in [7, 11) is -2.74. The molecule has 0 unspecified atom stereocenters. The molecule has 166 valence electrons. The zero-order chi connectivity index (χ0) is 23.3. The van der Waals surface area contributed by atoms with Gasteiger partial charge in [-0.2, -0.15) is 0 Å². The van der Waals surface area contributed by atoms with Crippen LogP contribution in [0.5, 0.6) is 0 Å². The van der Waals surface area contributed by atoms with Crippen molar-refractivity contribution in [3.8, 4) is 0 Å². The first-order valence-electron chi connectivity index (χ1n) is 9.23. The Kier molecular flexibility index (Phi) is 7.34. The van der Waals surface area contributed by atoms with Crippen LogP contribution in [0, 0.1) is 17.0 Å². The van der Waals surface area contributed by atoms with Gasteiger partial charge in [0, 0.05) is 17.8 Å². The predicted octanol–water partition coefficient (Wildman–Crippen LogP) is 2.87. The number of amides is 1. The molecular weight excluding hydrogens is 426 g/mol. The molecule has 0 bridgehead atoms. The average molecular weight is 449 g/mol. The summed E-state index contributed by atoms with van der Waals surface area (Å²) in [5.41, 5.74) is 0.882. The van der Waals surface area contributed by atoms with Crippen LogP contribution in [-0.4, -0.2) is 44.6 Å². The molecule has 0 aromatic heterocycles. The van der Waals surface area contributed by atoms with Gasteiger partial charge < -0.3 is 10.1 Å². The number of nitro groups is 1. The quantitative estimate of drug-likeness (QED) is 0.372. The lowest BCUT2D eigenvalue weighted by Crippen LogP contribution is -2.47. The van der Waals surface area contributed by atoms with Crippen molar-refractivity contribution in [2.45, 2.75) is 26.3 Å². The van der Waals surface area contributed by atoms with Crippen molar-refractivity contribution in [1.82, 2.24) is 0 Å². The maximum atomic E-state index is 13.1. The summed E-state index contributed by atoms with van der Waals surface area (Å²) < 4.78 is 30.6. The van der Waals surface area contributed by atoms with E-state index < -0.39 is 32.9 Å². The van der Waals surface area contributed by atoms with Crippen LogP contribution < -0.4 is 9.62 Å². The van der Waals surface area contributed by atoms with Crippen LogP contribution in [0.3, 0.4) is 0 Å². The number of carbonyl (C=O) groups is 2. The number of ether oxygens (including phenoxy) is 1. The van der Waals surface area contributed by atoms with E-state index in [1.807, 2.05) is 0 Å². The van der Waals surface area contributed by atoms with E-state index in [-0.39, 0.29) is 23.4 Å². The minimum atomic E-state index is -3.97. The van der Waals surface area contributed by atoms with Gasteiger partial charge >= 0.3 is 5.97 Å². The molecule has 0 aliphatic heterocycles. The first kappa shape index (κ1) is 23.8. The van der Waals surface area contributed by atoms with E-state index in [0.717, 1.165) is 16.6 Å². The Morgan fingerprint density at radius 2 is 1.90 bits per heavy atom. The van der Waals surface area contributed by atoms with Gasteiger partial charge in [0.2, 0.25) is 15.9 Å². The summed E-state index contributed by atoms with van der Waals surface area (Å²) in [6, 6.07) is 8.47. The van der Waals surface area contributed by atoms with Crippen molar-refractivity contribution in [1.29, 1.82) is 0 Å². The number of rotatable bonds is 8. The van der Waals surface area contributed by atoms with Gasteiger partial charge in [0.15, 0.2) is 0 Å². The molecule has 2 rings (SSSR count). The van der Waals surface area contributed by atoms with Crippen molar-refractivity contribution in [2.75, 3.05) is 23.0 Å². The van der Waals surface area contributed by atoms with E-state index in [1.165, 1.54) is 31.4 Å². The molecule has 1 amide bonds. The summed E-state index contributed by atoms with van der Waals surface area (Å²) in [5, 5.41) is 13.8. The summed E-state index contributed by atoms with van der Waals surface area (Å²) >= 11 is 0. The molecule has 0 heterocycles. The van der Waals surface area contributed by atoms with Crippen molar-refractivity contribution in [2.24, 2.45) is 0 Å². The summed E-state index contributed by atoms with van der Waals surface area (Å²) in [5.74, 6) is -1.23. The van der Waals surface area contributed by atoms with Crippen molar-refractivity contribution in [3.63, 3.8) is 0 Å². The number of esters is 1. The highest BCUT2D eigenvalue weighted by Gasteiger charge is 2.32. The molecule has 0 aliphatic carbocycles. The number of nitrogens with zero attached hydrogens (tertiary/aromatic N) is 2. The number of benzene rings is 2. The zero-order valence-electron chi connectivity index (χ0n) is 17.5. The van der Waals surface area contributed by atoms with E-state index in [2.05, 4.69) is 10.1 Å². The molecule has 0 radical (unpaired) electrons. The van der Waals surface area contributed by atoms with Crippen LogP contribution in [0.25, 0.3) is 0 Å². The number of nitrogens with one attached hydrogen (secondary N) is 1. The van der Waals surface area contributed by atoms with Gasteiger partial charge in [-0.1, -0.05) is 19.1 Å². The highest BCUT2D eigenvalue weighted by molar-refractivity contribution is 7.92. The Labute approximate surface area is 180 Å². The van der Waals surface area contributed by atoms with Crippen molar-refractivity contribution >= 4 is 39.0 Å². The standard InChI is InChI=1S/C20H23N3O7S/c1-5-18(19(24)21-17-11-14(20(25)30-3)10-9-13(17)2)22(31(4,28)29)15-7-6-8-16(12-15)23(26)27/h6-12,18H,5H2,1-4H3,(H,21,24)/t18-/m0/s1. The molecule has 0 spiro atoms. The second-order valence-corrected chi connectivity index (χ2v) is 8.63. The van der Waals surface area contributed by atoms with Gasteiger partial charge in [0.1, 0.15) is 6.04 Å². The number of aryl methyl sites for hydroxylation is 1. The molecule has 11 heteroatoms. The number of anilines is 2. The van der Waals surface area contributed by atoms with Crippen LogP contribution in [0.15, 0.2) is 42.5 Å². The third-order valence-corrected chi connectivity index (χ3v) is 5.72. The monoisotopic (exact) mass is 449 g/mol. The lowest BCUT2D eigenvalue weighted by molar-refractivity contribution is -0.384. The van der Waals surface area contributed by atoms with Gasteiger partial charge in [-0.05, 0) is 37.1 Å². The lowest BCUT2D eigenvalue weighted by Gasteiger charge is -2.30. The highest BCUT2D eigenvalue weighted by atomic mass is 32.2. The predicted molar refractivity (Wildman–Crippen MR) is 116 cm³/mol. The second-order valence-electron chi connectivity index (χ2n) is 6.77. The largest absolute Gasteiger partial charge is 0.465 e. The normalized spacial score (nSPS) is 12.0. The summed E-state index contributed by atoms with van der Waals surface area (Å²) in [4.78, 5) is 35.3. The van der Waals surface area contributed by atoms with E-state index in [0.29, 0.717) is 11.3 Å². The molecule has 1 atom stereocenters. The third kappa shape index (κ3) is 5.57. The maximum absolute atomic E-state index is 13.1. The van der Waals surface area contributed by atoms with Crippen LogP contribution in [0.2, 0.25) is 0 Å². The van der Waals surface area contributed by atoms with Crippen LogP contribution in [0.1, 0.15) is 29.3 Å². The Morgan fingerprint density at radius 1 is 1.23 bits per heavy atom. The van der Waals surface area contributed by atoms with Crippen LogP contribution in [-0.2, 0) is 19.6 Å². The Balaban J connectivity index is 2.46. The topological polar surface area (TPSA) is 136 Å². The molecule has 0 fully saturated rings. The van der Waals surface area contributed by atoms with Crippen molar-refractivity contribution < 1.29 is 27.7 Å². The van der Waals surface area contributed by atoms with Gasteiger partial charge in [0.05, 0.1) is 29.5 Å². The first-order chi connectivity index (χ1) is 14.5. The molecule has 0 saturated heterocycles. The fourth-order valence-corrected chi connectivity index (χ4v) is 4.23. The minimum absolute atomic E-state index is 0.00117. The molecule has 0 aliphatic rings. The van der Waals surface area contributed by atoms with Gasteiger partial charge in [0.25, 0.3) is 5.69 Å². The summed E-state index contributed by atoms with van der Waals surface area (Å²) in [6.45, 7) is 3.34. The Bertz CT molecular complexity index is 1120. The van der Waals surface area contributed by atoms with E-state index in [9.17, 15) is 28.1 Å². The second kappa shape index (κ2) is 9.56. The number of hydrogen-bond acceptors (Lipinski definition) is 7. The zero-order valence-corrected chi connectivity index (χ0v) is 18.3. The van der Waals surface area contributed by atoms with Crippen LogP contribution >= 0.6 is 0 Å². The maximum Gasteiger partial charge on any atom is 0.337 e. The van der Waals surface area contributed by atoms with Gasteiger partial charge in [-0.25, -0.2) is 13.2 Å².